The normalized spacial score (nSPS) is 11.9. The van der Waals surface area contributed by atoms with Gasteiger partial charge in [-0.2, -0.15) is 0 Å². The molecule has 0 aromatic heterocycles. The van der Waals surface area contributed by atoms with E-state index in [0.717, 1.165) is 19.3 Å². The monoisotopic (exact) mass is 322 g/mol. The van der Waals surface area contributed by atoms with Gasteiger partial charge >= 0.3 is 11.9 Å². The summed E-state index contributed by atoms with van der Waals surface area (Å²) in [6.45, 7) is 4.25. The molecule has 0 spiro atoms. The van der Waals surface area contributed by atoms with E-state index in [1.807, 2.05) is 0 Å². The minimum absolute atomic E-state index is 0.182. The van der Waals surface area contributed by atoms with Crippen LogP contribution in [0, 0.1) is 12.3 Å². The van der Waals surface area contributed by atoms with Crippen molar-refractivity contribution in [1.29, 1.82) is 0 Å². The Bertz CT molecular complexity index is 393. The molecular formula is C19H30O4. The van der Waals surface area contributed by atoms with Crippen LogP contribution in [0.25, 0.3) is 0 Å². The lowest BCUT2D eigenvalue weighted by molar-refractivity contribution is -0.146. The molecule has 1 unspecified atom stereocenters. The van der Waals surface area contributed by atoms with Crippen molar-refractivity contribution < 1.29 is 19.1 Å². The summed E-state index contributed by atoms with van der Waals surface area (Å²) in [6, 6.07) is 0. The Kier molecular flexibility index (Phi) is 14.0. The molecule has 0 N–H and O–H groups in total. The fourth-order valence-corrected chi connectivity index (χ4v) is 1.87. The number of carbonyl (C=O) groups excluding carboxylic acids is 2. The van der Waals surface area contributed by atoms with Crippen molar-refractivity contribution in [2.75, 3.05) is 6.61 Å². The maximum atomic E-state index is 11.5. The van der Waals surface area contributed by atoms with E-state index in [0.29, 0.717) is 13.0 Å². The third-order valence-corrected chi connectivity index (χ3v) is 3.22. The first kappa shape index (κ1) is 21.2. The van der Waals surface area contributed by atoms with E-state index < -0.39 is 6.10 Å². The molecule has 0 fully saturated rings. The molecule has 0 radical (unpaired) electrons. The zero-order chi connectivity index (χ0) is 17.3. The van der Waals surface area contributed by atoms with Crippen LogP contribution in [0.5, 0.6) is 0 Å². The van der Waals surface area contributed by atoms with Gasteiger partial charge < -0.3 is 9.47 Å². The van der Waals surface area contributed by atoms with Gasteiger partial charge in [0.25, 0.3) is 0 Å². The fraction of sp³-hybridized carbons (Fsp3) is 0.684. The molecule has 0 aliphatic heterocycles. The van der Waals surface area contributed by atoms with E-state index >= 15 is 0 Å². The molecule has 0 aliphatic rings. The number of allylic oxidation sites excluding steroid dienone is 2. The van der Waals surface area contributed by atoms with Gasteiger partial charge in [-0.25, -0.2) is 0 Å². The highest BCUT2D eigenvalue weighted by Crippen LogP contribution is 2.04. The molecule has 0 rings (SSSR count). The third-order valence-electron chi connectivity index (χ3n) is 3.22. The Hall–Kier alpha value is -1.76. The van der Waals surface area contributed by atoms with Crippen LogP contribution in [0.2, 0.25) is 0 Å². The molecular weight excluding hydrogens is 292 g/mol. The van der Waals surface area contributed by atoms with Crippen molar-refractivity contribution in [3.05, 3.63) is 12.2 Å². The summed E-state index contributed by atoms with van der Waals surface area (Å²) >= 11 is 0. The topological polar surface area (TPSA) is 52.6 Å². The van der Waals surface area contributed by atoms with Crippen LogP contribution >= 0.6 is 0 Å². The second-order valence-electron chi connectivity index (χ2n) is 5.48. The molecule has 4 nitrogen and oxygen atoms in total. The molecule has 0 aliphatic carbocycles. The molecule has 0 bridgehead atoms. The minimum atomic E-state index is -0.524. The average Bonchev–Trinajstić information content (AvgIpc) is 2.53. The molecule has 0 saturated carbocycles. The van der Waals surface area contributed by atoms with Crippen LogP contribution in [0.1, 0.15) is 71.6 Å². The summed E-state index contributed by atoms with van der Waals surface area (Å²) in [5.41, 5.74) is 0. The Morgan fingerprint density at radius 2 is 1.70 bits per heavy atom. The van der Waals surface area contributed by atoms with Crippen LogP contribution in [0.3, 0.4) is 0 Å². The highest BCUT2D eigenvalue weighted by atomic mass is 16.5. The van der Waals surface area contributed by atoms with Crippen molar-refractivity contribution >= 4 is 11.9 Å². The summed E-state index contributed by atoms with van der Waals surface area (Å²) in [5.74, 6) is 1.67. The number of carbonyl (C=O) groups is 2. The first-order chi connectivity index (χ1) is 11.1. The number of terminal acetylenes is 1. The van der Waals surface area contributed by atoms with Crippen molar-refractivity contribution in [2.24, 2.45) is 0 Å². The summed E-state index contributed by atoms with van der Waals surface area (Å²) in [5, 5.41) is 0. The van der Waals surface area contributed by atoms with Crippen LogP contribution in [-0.2, 0) is 19.1 Å². The Morgan fingerprint density at radius 1 is 1.04 bits per heavy atom. The largest absolute Gasteiger partial charge is 0.466 e. The van der Waals surface area contributed by atoms with Gasteiger partial charge in [-0.05, 0) is 39.0 Å². The SMILES string of the molecule is C#CC(C)OC(=O)CCCC(=O)OCCC/C=C/CCCCC. The molecule has 1 atom stereocenters. The minimum Gasteiger partial charge on any atom is -0.466 e. The van der Waals surface area contributed by atoms with Gasteiger partial charge in [0, 0.05) is 12.8 Å². The Labute approximate surface area is 140 Å². The zero-order valence-electron chi connectivity index (χ0n) is 14.5. The van der Waals surface area contributed by atoms with E-state index in [1.54, 1.807) is 6.92 Å². The van der Waals surface area contributed by atoms with Crippen molar-refractivity contribution in [3.63, 3.8) is 0 Å². The second-order valence-corrected chi connectivity index (χ2v) is 5.48. The molecule has 0 aromatic rings. The third kappa shape index (κ3) is 14.9. The summed E-state index contributed by atoms with van der Waals surface area (Å²) in [7, 11) is 0. The van der Waals surface area contributed by atoms with Crippen LogP contribution < -0.4 is 0 Å². The average molecular weight is 322 g/mol. The van der Waals surface area contributed by atoms with E-state index in [-0.39, 0.29) is 24.8 Å². The second kappa shape index (κ2) is 15.1. The number of ether oxygens (including phenoxy) is 2. The molecule has 130 valence electrons. The van der Waals surface area contributed by atoms with Crippen LogP contribution in [-0.4, -0.2) is 24.6 Å². The number of esters is 2. The van der Waals surface area contributed by atoms with Gasteiger partial charge in [0.15, 0.2) is 6.10 Å². The van der Waals surface area contributed by atoms with E-state index in [2.05, 4.69) is 25.0 Å². The highest BCUT2D eigenvalue weighted by molar-refractivity contribution is 5.72. The quantitative estimate of drug-likeness (QED) is 0.221. The lowest BCUT2D eigenvalue weighted by atomic mass is 10.2. The summed E-state index contributed by atoms with van der Waals surface area (Å²) in [6.07, 6.45) is 16.4. The first-order valence-corrected chi connectivity index (χ1v) is 8.56. The molecule has 0 amide bonds. The summed E-state index contributed by atoms with van der Waals surface area (Å²) in [4.78, 5) is 22.8. The first-order valence-electron chi connectivity index (χ1n) is 8.56. The van der Waals surface area contributed by atoms with E-state index in [9.17, 15) is 9.59 Å². The number of unbranched alkanes of at least 4 members (excludes halogenated alkanes) is 4. The molecule has 4 heteroatoms. The predicted molar refractivity (Wildman–Crippen MR) is 91.7 cm³/mol. The maximum Gasteiger partial charge on any atom is 0.307 e. The van der Waals surface area contributed by atoms with E-state index in [1.165, 1.54) is 19.3 Å². The number of hydrogen-bond acceptors (Lipinski definition) is 4. The van der Waals surface area contributed by atoms with Gasteiger partial charge in [-0.1, -0.05) is 37.8 Å². The van der Waals surface area contributed by atoms with Gasteiger partial charge in [-0.3, -0.25) is 9.59 Å². The Balaban J connectivity index is 3.47. The zero-order valence-corrected chi connectivity index (χ0v) is 14.5. The maximum absolute atomic E-state index is 11.5. The molecule has 0 aromatic carbocycles. The fourth-order valence-electron chi connectivity index (χ4n) is 1.87. The van der Waals surface area contributed by atoms with Crippen LogP contribution in [0.4, 0.5) is 0 Å². The molecule has 23 heavy (non-hydrogen) atoms. The Morgan fingerprint density at radius 3 is 2.35 bits per heavy atom. The standard InChI is InChI=1S/C19H30O4/c1-4-6-7-8-9-10-11-12-16-22-18(20)14-13-15-19(21)23-17(3)5-2/h2,9-10,17H,4,6-8,11-16H2,1,3H3/b10-9+. The smallest absolute Gasteiger partial charge is 0.307 e. The lowest BCUT2D eigenvalue weighted by Crippen LogP contribution is -2.13. The molecule has 0 saturated heterocycles. The van der Waals surface area contributed by atoms with Crippen molar-refractivity contribution in [1.82, 2.24) is 0 Å². The highest BCUT2D eigenvalue weighted by Gasteiger charge is 2.09. The number of rotatable bonds is 13. The van der Waals surface area contributed by atoms with E-state index in [4.69, 9.17) is 15.9 Å². The lowest BCUT2D eigenvalue weighted by Gasteiger charge is -2.07. The van der Waals surface area contributed by atoms with Crippen molar-refractivity contribution in [2.45, 2.75) is 77.7 Å². The number of hydrogen-bond donors (Lipinski definition) is 0. The summed E-state index contributed by atoms with van der Waals surface area (Å²) < 4.78 is 10.0. The van der Waals surface area contributed by atoms with Crippen molar-refractivity contribution in [3.8, 4) is 12.3 Å². The van der Waals surface area contributed by atoms with Gasteiger partial charge in [-0.15, -0.1) is 6.42 Å². The van der Waals surface area contributed by atoms with Gasteiger partial charge in [0.05, 0.1) is 6.61 Å². The van der Waals surface area contributed by atoms with Gasteiger partial charge in [0.1, 0.15) is 0 Å². The molecule has 0 heterocycles. The van der Waals surface area contributed by atoms with Crippen LogP contribution in [0.15, 0.2) is 12.2 Å². The predicted octanol–water partition coefficient (Wildman–Crippen LogP) is 4.18. The van der Waals surface area contributed by atoms with Gasteiger partial charge in [0.2, 0.25) is 0 Å².